The first-order chi connectivity index (χ1) is 21.4. The number of nitrogens with one attached hydrogen (secondary N) is 2. The number of hydrogen-bond acceptors (Lipinski definition) is 7. The quantitative estimate of drug-likeness (QED) is 0.257. The molecule has 12 heteroatoms. The Bertz CT molecular complexity index is 1710. The van der Waals surface area contributed by atoms with Gasteiger partial charge in [0.15, 0.2) is 0 Å². The predicted molar refractivity (Wildman–Crippen MR) is 167 cm³/mol. The van der Waals surface area contributed by atoms with Gasteiger partial charge in [-0.15, -0.1) is 0 Å². The molecule has 1 amide bonds. The van der Waals surface area contributed by atoms with E-state index in [-0.39, 0.29) is 29.4 Å². The Morgan fingerprint density at radius 1 is 0.978 bits per heavy atom. The van der Waals surface area contributed by atoms with Gasteiger partial charge in [0.25, 0.3) is 5.91 Å². The van der Waals surface area contributed by atoms with Gasteiger partial charge in [-0.25, -0.2) is 9.97 Å². The zero-order chi connectivity index (χ0) is 32.1. The zero-order valence-corrected chi connectivity index (χ0v) is 25.6. The number of hydrogen-bond donors (Lipinski definition) is 2. The molecule has 0 aliphatic carbocycles. The second-order valence-corrected chi connectivity index (χ2v) is 11.4. The predicted octanol–water partition coefficient (Wildman–Crippen LogP) is 5.72. The van der Waals surface area contributed by atoms with Crippen LogP contribution in [0.3, 0.4) is 0 Å². The van der Waals surface area contributed by atoms with Crippen molar-refractivity contribution in [2.24, 2.45) is 0 Å². The molecule has 2 N–H and O–H groups in total. The molecule has 234 valence electrons. The molecule has 2 aromatic carbocycles. The van der Waals surface area contributed by atoms with Crippen LogP contribution < -0.4 is 10.6 Å². The number of carbonyl (C=O) groups is 1. The van der Waals surface area contributed by atoms with Gasteiger partial charge in [-0.2, -0.15) is 18.3 Å². The Morgan fingerprint density at radius 2 is 1.71 bits per heavy atom. The summed E-state index contributed by atoms with van der Waals surface area (Å²) in [5.74, 6) is 5.93. The van der Waals surface area contributed by atoms with Gasteiger partial charge in [0, 0.05) is 74.2 Å². The third-order valence-electron chi connectivity index (χ3n) is 7.54. The van der Waals surface area contributed by atoms with E-state index < -0.39 is 17.6 Å². The summed E-state index contributed by atoms with van der Waals surface area (Å²) in [4.78, 5) is 25.9. The molecular weight excluding hydrogens is 581 g/mol. The fourth-order valence-corrected chi connectivity index (χ4v) is 4.81. The number of piperazine rings is 1. The van der Waals surface area contributed by atoms with E-state index in [9.17, 15) is 18.0 Å². The second-order valence-electron chi connectivity index (χ2n) is 11.4. The summed E-state index contributed by atoms with van der Waals surface area (Å²) in [5, 5.41) is 10.0. The van der Waals surface area contributed by atoms with E-state index in [1.807, 2.05) is 43.6 Å². The second kappa shape index (κ2) is 13.5. The first kappa shape index (κ1) is 31.7. The fourth-order valence-electron chi connectivity index (χ4n) is 4.81. The molecule has 0 spiro atoms. The maximum Gasteiger partial charge on any atom is 0.416 e. The van der Waals surface area contributed by atoms with Crippen molar-refractivity contribution in [1.82, 2.24) is 29.5 Å². The van der Waals surface area contributed by atoms with Crippen LogP contribution in [0.1, 0.15) is 58.1 Å². The molecule has 1 aliphatic rings. The average Bonchev–Trinajstić information content (AvgIpc) is 3.48. The molecule has 0 saturated carbocycles. The standard InChI is InChI=1S/C33H35F3N8O/c1-22(2)44-21-29(19-39-44)41-32-37-17-24(18-38-32)6-8-25-15-26(7-5-23(25)3)31(45)40-28-10-9-27(30(16-28)33(34,35)36)20-43-13-11-42(4)12-14-43/h5,7,9-10,15-19,21-22H,11-14,20H2,1-4H3,(H,40,45)(H,37,38,41). The van der Waals surface area contributed by atoms with Crippen molar-refractivity contribution in [3.8, 4) is 11.8 Å². The van der Waals surface area contributed by atoms with Gasteiger partial charge in [0.05, 0.1) is 23.0 Å². The van der Waals surface area contributed by atoms with E-state index in [0.717, 1.165) is 30.4 Å². The number of nitrogens with zero attached hydrogens (tertiary/aromatic N) is 6. The average molecular weight is 617 g/mol. The largest absolute Gasteiger partial charge is 0.416 e. The van der Waals surface area contributed by atoms with Gasteiger partial charge in [-0.05, 0) is 63.2 Å². The minimum atomic E-state index is -4.55. The summed E-state index contributed by atoms with van der Waals surface area (Å²) in [6, 6.07) is 9.19. The van der Waals surface area contributed by atoms with Crippen molar-refractivity contribution in [2.75, 3.05) is 43.9 Å². The Hall–Kier alpha value is -4.73. The topological polar surface area (TPSA) is 91.2 Å². The maximum atomic E-state index is 14.0. The van der Waals surface area contributed by atoms with E-state index in [0.29, 0.717) is 30.2 Å². The first-order valence-electron chi connectivity index (χ1n) is 14.6. The van der Waals surface area contributed by atoms with Crippen LogP contribution in [0.4, 0.5) is 30.5 Å². The summed E-state index contributed by atoms with van der Waals surface area (Å²) in [6.45, 7) is 9.15. The van der Waals surface area contributed by atoms with Crippen LogP contribution in [-0.4, -0.2) is 68.7 Å². The van der Waals surface area contributed by atoms with Crippen LogP contribution >= 0.6 is 0 Å². The smallest absolute Gasteiger partial charge is 0.322 e. The number of anilines is 3. The van der Waals surface area contributed by atoms with Crippen molar-refractivity contribution in [3.63, 3.8) is 0 Å². The number of halogens is 3. The summed E-state index contributed by atoms with van der Waals surface area (Å²) >= 11 is 0. The van der Waals surface area contributed by atoms with Gasteiger partial charge in [-0.3, -0.25) is 14.4 Å². The van der Waals surface area contributed by atoms with Gasteiger partial charge in [-0.1, -0.05) is 24.0 Å². The third kappa shape index (κ3) is 8.26. The summed E-state index contributed by atoms with van der Waals surface area (Å²) in [5.41, 5.74) is 2.57. The molecule has 45 heavy (non-hydrogen) atoms. The molecule has 1 fully saturated rings. The minimum absolute atomic E-state index is 0.0741. The highest BCUT2D eigenvalue weighted by Gasteiger charge is 2.34. The summed E-state index contributed by atoms with van der Waals surface area (Å²) in [7, 11) is 2.00. The number of carbonyl (C=O) groups excluding carboxylic acids is 1. The van der Waals surface area contributed by atoms with Crippen molar-refractivity contribution < 1.29 is 18.0 Å². The zero-order valence-electron chi connectivity index (χ0n) is 25.6. The number of amides is 1. The fraction of sp³-hybridized carbons (Fsp3) is 0.333. The number of likely N-dealkylation sites (N-methyl/N-ethyl adjacent to an activating group) is 1. The number of benzene rings is 2. The SMILES string of the molecule is Cc1ccc(C(=O)Nc2ccc(CN3CCN(C)CC3)c(C(F)(F)F)c2)cc1C#Cc1cnc(Nc2cnn(C(C)C)c2)nc1. The molecule has 2 aromatic heterocycles. The van der Waals surface area contributed by atoms with Crippen LogP contribution in [0.25, 0.3) is 0 Å². The van der Waals surface area contributed by atoms with Gasteiger partial charge >= 0.3 is 6.18 Å². The molecule has 5 rings (SSSR count). The molecule has 1 aliphatic heterocycles. The number of aryl methyl sites for hydroxylation is 1. The molecule has 0 radical (unpaired) electrons. The maximum absolute atomic E-state index is 14.0. The molecule has 0 bridgehead atoms. The van der Waals surface area contributed by atoms with Gasteiger partial charge < -0.3 is 15.5 Å². The Morgan fingerprint density at radius 3 is 2.38 bits per heavy atom. The lowest BCUT2D eigenvalue weighted by Gasteiger charge is -2.33. The van der Waals surface area contributed by atoms with E-state index >= 15 is 0 Å². The number of rotatable bonds is 7. The van der Waals surface area contributed by atoms with Crippen LogP contribution in [-0.2, 0) is 12.7 Å². The number of aromatic nitrogens is 4. The Balaban J connectivity index is 1.27. The van der Waals surface area contributed by atoms with Crippen molar-refractivity contribution >= 4 is 23.2 Å². The van der Waals surface area contributed by atoms with Crippen molar-refractivity contribution in [3.05, 3.63) is 94.6 Å². The lowest BCUT2D eigenvalue weighted by molar-refractivity contribution is -0.138. The van der Waals surface area contributed by atoms with E-state index in [2.05, 4.69) is 42.4 Å². The molecule has 0 atom stereocenters. The molecule has 9 nitrogen and oxygen atoms in total. The van der Waals surface area contributed by atoms with Crippen LogP contribution in [0.5, 0.6) is 0 Å². The van der Waals surface area contributed by atoms with Crippen molar-refractivity contribution in [1.29, 1.82) is 0 Å². The van der Waals surface area contributed by atoms with E-state index in [1.165, 1.54) is 12.1 Å². The monoisotopic (exact) mass is 616 g/mol. The highest BCUT2D eigenvalue weighted by molar-refractivity contribution is 6.04. The van der Waals surface area contributed by atoms with Gasteiger partial charge in [0.2, 0.25) is 5.95 Å². The number of alkyl halides is 3. The van der Waals surface area contributed by atoms with E-state index in [1.54, 1.807) is 36.8 Å². The molecule has 3 heterocycles. The third-order valence-corrected chi connectivity index (χ3v) is 7.54. The highest BCUT2D eigenvalue weighted by Crippen LogP contribution is 2.35. The normalized spacial score (nSPS) is 14.2. The summed E-state index contributed by atoms with van der Waals surface area (Å²) in [6.07, 6.45) is 2.19. The van der Waals surface area contributed by atoms with Crippen LogP contribution in [0, 0.1) is 18.8 Å². The Kier molecular flexibility index (Phi) is 9.51. The molecule has 1 saturated heterocycles. The van der Waals surface area contributed by atoms with Crippen LogP contribution in [0.15, 0.2) is 61.2 Å². The molecule has 4 aromatic rings. The highest BCUT2D eigenvalue weighted by atomic mass is 19.4. The Labute approximate surface area is 260 Å². The summed E-state index contributed by atoms with van der Waals surface area (Å²) < 4.78 is 43.8. The van der Waals surface area contributed by atoms with Crippen molar-refractivity contribution in [2.45, 2.75) is 39.5 Å². The molecule has 0 unspecified atom stereocenters. The van der Waals surface area contributed by atoms with E-state index in [4.69, 9.17) is 0 Å². The first-order valence-corrected chi connectivity index (χ1v) is 14.6. The molecular formula is C33H35F3N8O. The van der Waals surface area contributed by atoms with Crippen LogP contribution in [0.2, 0.25) is 0 Å². The minimum Gasteiger partial charge on any atom is -0.322 e. The lowest BCUT2D eigenvalue weighted by atomic mass is 10.0. The lowest BCUT2D eigenvalue weighted by Crippen LogP contribution is -2.44. The van der Waals surface area contributed by atoms with Gasteiger partial charge in [0.1, 0.15) is 0 Å².